The van der Waals surface area contributed by atoms with Crippen molar-refractivity contribution in [2.24, 2.45) is 0 Å². The number of amides is 1. The van der Waals surface area contributed by atoms with Crippen LogP contribution in [0.2, 0.25) is 0 Å². The Balaban J connectivity index is 2.32. The molecule has 0 aliphatic rings. The molecule has 0 fully saturated rings. The first-order valence-corrected chi connectivity index (χ1v) is 7.12. The highest BCUT2D eigenvalue weighted by atomic mass is 16.4. The quantitative estimate of drug-likeness (QED) is 0.731. The Hall–Kier alpha value is -2.96. The molecule has 0 unspecified atom stereocenters. The maximum Gasteiger partial charge on any atom is 0.356 e. The zero-order valence-corrected chi connectivity index (χ0v) is 12.8. The molecule has 23 heavy (non-hydrogen) atoms. The summed E-state index contributed by atoms with van der Waals surface area (Å²) in [5.41, 5.74) is 0.406. The monoisotopic (exact) mass is 315 g/mol. The van der Waals surface area contributed by atoms with Crippen LogP contribution in [0.5, 0.6) is 5.75 Å². The summed E-state index contributed by atoms with van der Waals surface area (Å²) in [6.07, 6.45) is 3.34. The second kappa shape index (κ2) is 6.87. The van der Waals surface area contributed by atoms with E-state index in [0.29, 0.717) is 0 Å². The van der Waals surface area contributed by atoms with Crippen LogP contribution in [0, 0.1) is 0 Å². The number of rotatable bonds is 5. The highest BCUT2D eigenvalue weighted by Gasteiger charge is 2.20. The average molecular weight is 315 g/mol. The summed E-state index contributed by atoms with van der Waals surface area (Å²) in [6, 6.07) is 4.94. The number of nitrogens with one attached hydrogen (secondary N) is 1. The lowest BCUT2D eigenvalue weighted by atomic mass is 9.98. The number of hydrogen-bond acceptors (Lipinski definition) is 5. The fourth-order valence-corrected chi connectivity index (χ4v) is 2.04. The van der Waals surface area contributed by atoms with E-state index in [1.54, 1.807) is 12.1 Å². The van der Waals surface area contributed by atoms with Gasteiger partial charge in [-0.2, -0.15) is 0 Å². The van der Waals surface area contributed by atoms with Crippen LogP contribution < -0.4 is 5.32 Å². The number of aromatic carboxylic acids is 1. The number of carbonyl (C=O) groups is 2. The molecule has 7 nitrogen and oxygen atoms in total. The first-order chi connectivity index (χ1) is 10.9. The fourth-order valence-electron chi connectivity index (χ4n) is 2.04. The van der Waals surface area contributed by atoms with Gasteiger partial charge >= 0.3 is 5.97 Å². The second-order valence-electron chi connectivity index (χ2n) is 5.10. The molecule has 2 rings (SSSR count). The largest absolute Gasteiger partial charge is 0.506 e. The van der Waals surface area contributed by atoms with Crippen molar-refractivity contribution >= 4 is 17.6 Å². The third-order valence-electron chi connectivity index (χ3n) is 3.57. The zero-order valence-electron chi connectivity index (χ0n) is 12.8. The molecule has 7 heteroatoms. The van der Waals surface area contributed by atoms with Crippen LogP contribution in [0.1, 0.15) is 52.7 Å². The van der Waals surface area contributed by atoms with Crippen molar-refractivity contribution in [3.05, 3.63) is 47.5 Å². The van der Waals surface area contributed by atoms with E-state index < -0.39 is 17.6 Å². The van der Waals surface area contributed by atoms with Gasteiger partial charge in [-0.3, -0.25) is 4.79 Å². The maximum absolute atomic E-state index is 12.3. The number of aromatic nitrogens is 2. The molecule has 1 heterocycles. The summed E-state index contributed by atoms with van der Waals surface area (Å²) in [5.74, 6) is -1.93. The molecule has 0 radical (unpaired) electrons. The molecule has 1 amide bonds. The van der Waals surface area contributed by atoms with E-state index in [9.17, 15) is 14.7 Å². The topological polar surface area (TPSA) is 112 Å². The van der Waals surface area contributed by atoms with Gasteiger partial charge < -0.3 is 15.5 Å². The van der Waals surface area contributed by atoms with Crippen LogP contribution in [0.25, 0.3) is 0 Å². The van der Waals surface area contributed by atoms with Crippen molar-refractivity contribution < 1.29 is 19.8 Å². The summed E-state index contributed by atoms with van der Waals surface area (Å²) >= 11 is 0. The van der Waals surface area contributed by atoms with Gasteiger partial charge in [-0.05, 0) is 30.0 Å². The Morgan fingerprint density at radius 1 is 1.22 bits per heavy atom. The van der Waals surface area contributed by atoms with Gasteiger partial charge in [0.2, 0.25) is 0 Å². The molecule has 1 aromatic carbocycles. The molecular weight excluding hydrogens is 298 g/mol. The summed E-state index contributed by atoms with van der Waals surface area (Å²) in [4.78, 5) is 30.7. The Labute approximate surface area is 133 Å². The lowest BCUT2D eigenvalue weighted by Crippen LogP contribution is -2.19. The van der Waals surface area contributed by atoms with Crippen LogP contribution in [0.3, 0.4) is 0 Å². The molecule has 0 aliphatic heterocycles. The van der Waals surface area contributed by atoms with Gasteiger partial charge in [0, 0.05) is 12.4 Å². The lowest BCUT2D eigenvalue weighted by Gasteiger charge is -2.13. The summed E-state index contributed by atoms with van der Waals surface area (Å²) in [7, 11) is 0. The highest BCUT2D eigenvalue weighted by Crippen LogP contribution is 2.29. The molecule has 2 aromatic rings. The number of carboxylic acid groups (broad SMARTS) is 1. The van der Waals surface area contributed by atoms with Crippen LogP contribution in [-0.2, 0) is 0 Å². The number of benzene rings is 1. The molecule has 0 spiro atoms. The van der Waals surface area contributed by atoms with Crippen LogP contribution in [0.15, 0.2) is 30.6 Å². The van der Waals surface area contributed by atoms with Gasteiger partial charge in [0.15, 0.2) is 11.4 Å². The van der Waals surface area contributed by atoms with Crippen molar-refractivity contribution in [3.63, 3.8) is 0 Å². The average Bonchev–Trinajstić information content (AvgIpc) is 2.56. The van der Waals surface area contributed by atoms with E-state index in [1.807, 2.05) is 13.8 Å². The van der Waals surface area contributed by atoms with Gasteiger partial charge in [0.25, 0.3) is 5.91 Å². The summed E-state index contributed by atoms with van der Waals surface area (Å²) in [6.45, 7) is 4.07. The molecule has 3 N–H and O–H groups in total. The number of phenols is 1. The standard InChI is InChI=1S/C16H17N3O4/c1-3-9(2)10-4-5-12(20)11(8-10)19-15(21)13-14(16(22)23)18-7-6-17-13/h4-9,20H,3H2,1-2H3,(H,19,21)(H,22,23)/t9-/m0/s1. The Kier molecular flexibility index (Phi) is 4.90. The van der Waals surface area contributed by atoms with E-state index in [0.717, 1.165) is 12.0 Å². The van der Waals surface area contributed by atoms with E-state index in [-0.39, 0.29) is 23.0 Å². The molecule has 1 aromatic heterocycles. The molecule has 0 saturated heterocycles. The van der Waals surface area contributed by atoms with E-state index in [2.05, 4.69) is 15.3 Å². The van der Waals surface area contributed by atoms with Gasteiger partial charge in [0.05, 0.1) is 5.69 Å². The third kappa shape index (κ3) is 3.63. The van der Waals surface area contributed by atoms with Crippen molar-refractivity contribution in [3.8, 4) is 5.75 Å². The molecule has 0 bridgehead atoms. The number of phenolic OH excluding ortho intramolecular Hbond substituents is 1. The van der Waals surface area contributed by atoms with Gasteiger partial charge in [-0.1, -0.05) is 19.9 Å². The third-order valence-corrected chi connectivity index (χ3v) is 3.57. The maximum atomic E-state index is 12.3. The van der Waals surface area contributed by atoms with Crippen molar-refractivity contribution in [2.45, 2.75) is 26.2 Å². The number of carbonyl (C=O) groups excluding carboxylic acids is 1. The fraction of sp³-hybridized carbons (Fsp3) is 0.250. The van der Waals surface area contributed by atoms with Crippen LogP contribution in [-0.4, -0.2) is 32.1 Å². The Morgan fingerprint density at radius 2 is 1.87 bits per heavy atom. The normalized spacial score (nSPS) is 11.7. The molecule has 0 aliphatic carbocycles. The van der Waals surface area contributed by atoms with E-state index in [4.69, 9.17) is 5.11 Å². The number of nitrogens with zero attached hydrogens (tertiary/aromatic N) is 2. The van der Waals surface area contributed by atoms with Gasteiger partial charge in [-0.25, -0.2) is 14.8 Å². The summed E-state index contributed by atoms with van der Waals surface area (Å²) < 4.78 is 0. The minimum Gasteiger partial charge on any atom is -0.506 e. The number of aromatic hydroxyl groups is 1. The van der Waals surface area contributed by atoms with Crippen molar-refractivity contribution in [2.75, 3.05) is 5.32 Å². The zero-order chi connectivity index (χ0) is 17.0. The SMILES string of the molecule is CC[C@H](C)c1ccc(O)c(NC(=O)c2nccnc2C(=O)O)c1. The van der Waals surface area contributed by atoms with Crippen LogP contribution in [0.4, 0.5) is 5.69 Å². The van der Waals surface area contributed by atoms with E-state index in [1.165, 1.54) is 18.5 Å². The lowest BCUT2D eigenvalue weighted by molar-refractivity contribution is 0.0685. The smallest absolute Gasteiger partial charge is 0.356 e. The molecule has 0 saturated carbocycles. The van der Waals surface area contributed by atoms with Crippen molar-refractivity contribution in [1.82, 2.24) is 9.97 Å². The molecular formula is C16H17N3O4. The predicted molar refractivity (Wildman–Crippen MR) is 83.8 cm³/mol. The van der Waals surface area contributed by atoms with Gasteiger partial charge in [0.1, 0.15) is 5.75 Å². The predicted octanol–water partition coefficient (Wildman–Crippen LogP) is 2.65. The number of carboxylic acids is 1. The summed E-state index contributed by atoms with van der Waals surface area (Å²) in [5, 5.41) is 21.4. The van der Waals surface area contributed by atoms with Crippen molar-refractivity contribution in [1.29, 1.82) is 0 Å². The van der Waals surface area contributed by atoms with E-state index >= 15 is 0 Å². The first-order valence-electron chi connectivity index (χ1n) is 7.12. The molecule has 1 atom stereocenters. The highest BCUT2D eigenvalue weighted by molar-refractivity contribution is 6.09. The second-order valence-corrected chi connectivity index (χ2v) is 5.10. The Bertz CT molecular complexity index is 746. The molecule has 120 valence electrons. The van der Waals surface area contributed by atoms with Crippen LogP contribution >= 0.6 is 0 Å². The minimum atomic E-state index is -1.35. The van der Waals surface area contributed by atoms with Gasteiger partial charge in [-0.15, -0.1) is 0 Å². The first kappa shape index (κ1) is 16.4. The minimum absolute atomic E-state index is 0.105. The number of hydrogen-bond donors (Lipinski definition) is 3. The number of anilines is 1. The Morgan fingerprint density at radius 3 is 2.48 bits per heavy atom.